The molecule has 1 saturated heterocycles. The molecule has 0 spiro atoms. The second-order valence-electron chi connectivity index (χ2n) is 4.57. The molecule has 0 aromatic carbocycles. The molecule has 0 radical (unpaired) electrons. The molecule has 1 aromatic heterocycles. The third-order valence-electron chi connectivity index (χ3n) is 3.28. The predicted octanol–water partition coefficient (Wildman–Crippen LogP) is 2.68. The number of hydrogen-bond donors (Lipinski definition) is 0. The maximum Gasteiger partial charge on any atom is 0.265 e. The smallest absolute Gasteiger partial charge is 0.265 e. The van der Waals surface area contributed by atoms with Crippen LogP contribution in [0.4, 0.5) is 0 Å². The average molecular weight is 317 g/mol. The Bertz CT molecular complexity index is 407. The van der Waals surface area contributed by atoms with Gasteiger partial charge < -0.3 is 9.80 Å². The second-order valence-corrected chi connectivity index (χ2v) is 6.34. The van der Waals surface area contributed by atoms with Gasteiger partial charge in [0, 0.05) is 24.1 Å². The average Bonchev–Trinajstić information content (AvgIpc) is 2.73. The zero-order valence-electron chi connectivity index (χ0n) is 10.1. The number of likely N-dealkylation sites (N-methyl/N-ethyl adjacent to an activating group) is 2. The Morgan fingerprint density at radius 2 is 2.41 bits per heavy atom. The van der Waals surface area contributed by atoms with Gasteiger partial charge in [0.05, 0.1) is 0 Å². The summed E-state index contributed by atoms with van der Waals surface area (Å²) in [6.07, 6.45) is 2.28. The Hall–Kier alpha value is -0.390. The minimum absolute atomic E-state index is 0.132. The van der Waals surface area contributed by atoms with E-state index in [9.17, 15) is 4.79 Å². The van der Waals surface area contributed by atoms with E-state index in [-0.39, 0.29) is 5.91 Å². The van der Waals surface area contributed by atoms with Crippen LogP contribution in [0.15, 0.2) is 15.9 Å². The second kappa shape index (κ2) is 5.50. The van der Waals surface area contributed by atoms with Crippen LogP contribution in [0.2, 0.25) is 0 Å². The summed E-state index contributed by atoms with van der Waals surface area (Å²) in [5, 5.41) is 1.94. The molecular formula is C12H17BrN2OS. The summed E-state index contributed by atoms with van der Waals surface area (Å²) in [6, 6.07) is 2.27. The third kappa shape index (κ3) is 2.89. The van der Waals surface area contributed by atoms with Crippen LogP contribution >= 0.6 is 27.3 Å². The summed E-state index contributed by atoms with van der Waals surface area (Å²) in [6.45, 7) is 2.12. The number of piperidine rings is 1. The van der Waals surface area contributed by atoms with E-state index < -0.39 is 0 Å². The number of halogens is 1. The van der Waals surface area contributed by atoms with Crippen molar-refractivity contribution in [1.29, 1.82) is 0 Å². The molecule has 5 heteroatoms. The maximum atomic E-state index is 12.3. The van der Waals surface area contributed by atoms with E-state index in [0.29, 0.717) is 6.04 Å². The zero-order valence-corrected chi connectivity index (χ0v) is 12.6. The number of amides is 1. The fourth-order valence-corrected chi connectivity index (χ4v) is 3.75. The van der Waals surface area contributed by atoms with Gasteiger partial charge in [-0.3, -0.25) is 4.79 Å². The zero-order chi connectivity index (χ0) is 12.4. The summed E-state index contributed by atoms with van der Waals surface area (Å²) in [5.41, 5.74) is 0. The van der Waals surface area contributed by atoms with E-state index in [2.05, 4.69) is 27.9 Å². The molecule has 0 N–H and O–H groups in total. The minimum atomic E-state index is 0.132. The highest BCUT2D eigenvalue weighted by atomic mass is 79.9. The molecule has 1 amide bonds. The fourth-order valence-electron chi connectivity index (χ4n) is 2.23. The number of nitrogens with zero attached hydrogens (tertiary/aromatic N) is 2. The highest BCUT2D eigenvalue weighted by molar-refractivity contribution is 9.10. The molecule has 0 bridgehead atoms. The van der Waals surface area contributed by atoms with Crippen LogP contribution in [0.3, 0.4) is 0 Å². The van der Waals surface area contributed by atoms with Crippen molar-refractivity contribution in [2.45, 2.75) is 18.9 Å². The van der Waals surface area contributed by atoms with Crippen LogP contribution in [0.5, 0.6) is 0 Å². The van der Waals surface area contributed by atoms with E-state index in [1.54, 1.807) is 0 Å². The van der Waals surface area contributed by atoms with Gasteiger partial charge in [-0.2, -0.15) is 0 Å². The van der Waals surface area contributed by atoms with Gasteiger partial charge >= 0.3 is 0 Å². The van der Waals surface area contributed by atoms with Crippen molar-refractivity contribution in [2.75, 3.05) is 27.2 Å². The number of carbonyl (C=O) groups excluding carboxylic acids is 1. The summed E-state index contributed by atoms with van der Waals surface area (Å²) in [5.74, 6) is 0.132. The Morgan fingerprint density at radius 1 is 1.65 bits per heavy atom. The van der Waals surface area contributed by atoms with E-state index in [4.69, 9.17) is 0 Å². The molecular weight excluding hydrogens is 300 g/mol. The van der Waals surface area contributed by atoms with Gasteiger partial charge in [-0.15, -0.1) is 11.3 Å². The highest BCUT2D eigenvalue weighted by Gasteiger charge is 2.26. The van der Waals surface area contributed by atoms with Crippen LogP contribution in [0, 0.1) is 0 Å². The molecule has 2 heterocycles. The van der Waals surface area contributed by atoms with Crippen LogP contribution in [-0.2, 0) is 0 Å². The number of thiophene rings is 1. The van der Waals surface area contributed by atoms with Crippen LogP contribution in [0.25, 0.3) is 0 Å². The van der Waals surface area contributed by atoms with Gasteiger partial charge in [0.1, 0.15) is 4.88 Å². The first-order chi connectivity index (χ1) is 8.09. The molecule has 0 saturated carbocycles. The van der Waals surface area contributed by atoms with E-state index >= 15 is 0 Å². The van der Waals surface area contributed by atoms with Crippen LogP contribution in [-0.4, -0.2) is 48.9 Å². The molecule has 1 aromatic rings. The lowest BCUT2D eigenvalue weighted by Gasteiger charge is -2.35. The first-order valence-corrected chi connectivity index (χ1v) is 7.45. The van der Waals surface area contributed by atoms with Gasteiger partial charge in [0.15, 0.2) is 0 Å². The lowest BCUT2D eigenvalue weighted by molar-refractivity contribution is 0.0648. The molecule has 1 unspecified atom stereocenters. The van der Waals surface area contributed by atoms with Crippen molar-refractivity contribution < 1.29 is 4.79 Å². The van der Waals surface area contributed by atoms with Crippen molar-refractivity contribution in [3.8, 4) is 0 Å². The molecule has 0 aliphatic carbocycles. The largest absolute Gasteiger partial charge is 0.337 e. The summed E-state index contributed by atoms with van der Waals surface area (Å²) in [4.78, 5) is 17.3. The third-order valence-corrected chi connectivity index (χ3v) is 5.10. The summed E-state index contributed by atoms with van der Waals surface area (Å²) >= 11 is 4.92. The summed E-state index contributed by atoms with van der Waals surface area (Å²) in [7, 11) is 4.03. The quantitative estimate of drug-likeness (QED) is 0.837. The first kappa shape index (κ1) is 13.1. The molecule has 1 aliphatic heterocycles. The molecule has 1 aliphatic rings. The number of likely N-dealkylation sites (tertiary alicyclic amines) is 1. The highest BCUT2D eigenvalue weighted by Crippen LogP contribution is 2.25. The van der Waals surface area contributed by atoms with E-state index in [1.807, 2.05) is 23.4 Å². The monoisotopic (exact) mass is 316 g/mol. The first-order valence-electron chi connectivity index (χ1n) is 5.78. The van der Waals surface area contributed by atoms with Crippen molar-refractivity contribution in [2.24, 2.45) is 0 Å². The topological polar surface area (TPSA) is 23.6 Å². The molecule has 17 heavy (non-hydrogen) atoms. The van der Waals surface area contributed by atoms with Gasteiger partial charge in [-0.05, 0) is 53.8 Å². The Labute approximate surface area is 115 Å². The lowest BCUT2D eigenvalue weighted by atomic mass is 10.1. The number of rotatable bonds is 2. The minimum Gasteiger partial charge on any atom is -0.337 e. The van der Waals surface area contributed by atoms with E-state index in [1.165, 1.54) is 17.8 Å². The SMILES string of the molecule is CN1CCCC(N(C)C(=O)c2sccc2Br)C1. The van der Waals surface area contributed by atoms with Crippen LogP contribution in [0.1, 0.15) is 22.5 Å². The van der Waals surface area contributed by atoms with Crippen LogP contribution < -0.4 is 0 Å². The van der Waals surface area contributed by atoms with Crippen molar-refractivity contribution in [3.63, 3.8) is 0 Å². The van der Waals surface area contributed by atoms with Gasteiger partial charge in [0.2, 0.25) is 0 Å². The van der Waals surface area contributed by atoms with Gasteiger partial charge in [-0.1, -0.05) is 0 Å². The maximum absolute atomic E-state index is 12.3. The standard InChI is InChI=1S/C12H17BrN2OS/c1-14-6-3-4-9(8-14)15(2)12(16)11-10(13)5-7-17-11/h5,7,9H,3-4,6,8H2,1-2H3. The molecule has 2 rings (SSSR count). The van der Waals surface area contributed by atoms with Crippen molar-refractivity contribution in [3.05, 3.63) is 20.8 Å². The van der Waals surface area contributed by atoms with Crippen molar-refractivity contribution in [1.82, 2.24) is 9.80 Å². The predicted molar refractivity (Wildman–Crippen MR) is 74.6 cm³/mol. The Morgan fingerprint density at radius 3 is 3.00 bits per heavy atom. The van der Waals surface area contributed by atoms with Gasteiger partial charge in [-0.25, -0.2) is 0 Å². The Balaban J connectivity index is 2.07. The molecule has 1 fully saturated rings. The fraction of sp³-hybridized carbons (Fsp3) is 0.583. The summed E-state index contributed by atoms with van der Waals surface area (Å²) < 4.78 is 0.906. The number of carbonyl (C=O) groups is 1. The Kier molecular flexibility index (Phi) is 4.22. The van der Waals surface area contributed by atoms with Gasteiger partial charge in [0.25, 0.3) is 5.91 Å². The van der Waals surface area contributed by atoms with E-state index in [0.717, 1.165) is 28.9 Å². The molecule has 3 nitrogen and oxygen atoms in total. The van der Waals surface area contributed by atoms with Crippen molar-refractivity contribution >= 4 is 33.2 Å². The number of hydrogen-bond acceptors (Lipinski definition) is 3. The lowest BCUT2D eigenvalue weighted by Crippen LogP contribution is -2.47. The normalized spacial score (nSPS) is 21.5. The molecule has 1 atom stereocenters. The molecule has 94 valence electrons.